The van der Waals surface area contributed by atoms with E-state index in [-0.39, 0.29) is 31.0 Å². The Bertz CT molecular complexity index is 1420. The van der Waals surface area contributed by atoms with Gasteiger partial charge in [0.05, 0.1) is 19.1 Å². The van der Waals surface area contributed by atoms with Crippen molar-refractivity contribution in [3.63, 3.8) is 0 Å². The van der Waals surface area contributed by atoms with E-state index in [0.29, 0.717) is 36.2 Å². The van der Waals surface area contributed by atoms with Crippen molar-refractivity contribution in [1.82, 2.24) is 9.88 Å². The number of esters is 1. The molecule has 6 heteroatoms. The van der Waals surface area contributed by atoms with Gasteiger partial charge in [0.1, 0.15) is 6.61 Å². The third-order valence-corrected chi connectivity index (χ3v) is 9.45. The van der Waals surface area contributed by atoms with Crippen molar-refractivity contribution in [2.45, 2.75) is 46.1 Å². The lowest BCUT2D eigenvalue weighted by Gasteiger charge is -2.19. The van der Waals surface area contributed by atoms with Crippen LogP contribution in [0.2, 0.25) is 0 Å². The van der Waals surface area contributed by atoms with Gasteiger partial charge in [-0.1, -0.05) is 74.5 Å². The van der Waals surface area contributed by atoms with Gasteiger partial charge >= 0.3 is 12.1 Å². The van der Waals surface area contributed by atoms with Crippen molar-refractivity contribution in [1.29, 1.82) is 0 Å². The summed E-state index contributed by atoms with van der Waals surface area (Å²) in [7, 11) is 0. The Kier molecular flexibility index (Phi) is 10.1. The van der Waals surface area contributed by atoms with Gasteiger partial charge in [0.25, 0.3) is 0 Å². The fraction of sp³-hybridized carbons (Fsp3) is 0.459. The number of amides is 1. The predicted octanol–water partition coefficient (Wildman–Crippen LogP) is 7.93. The minimum atomic E-state index is -0.475. The van der Waals surface area contributed by atoms with Crippen LogP contribution in [-0.4, -0.2) is 36.4 Å². The number of nitrogens with one attached hydrogen (secondary N) is 1. The number of rotatable bonds is 12. The third kappa shape index (κ3) is 7.23. The SMILES string of the molecule is C=CC1CC(/C=C\C2CC(C=C)C(COC(=O)NCCOC(=O)C(C)C)C2)C(Cn2c3ccccc3c3ccccc32)C1. The van der Waals surface area contributed by atoms with E-state index in [9.17, 15) is 9.59 Å². The Labute approximate surface area is 255 Å². The van der Waals surface area contributed by atoms with Crippen molar-refractivity contribution in [2.24, 2.45) is 41.4 Å². The maximum atomic E-state index is 12.2. The molecule has 2 aliphatic carbocycles. The van der Waals surface area contributed by atoms with Gasteiger partial charge in [0.15, 0.2) is 0 Å². The number of hydrogen-bond donors (Lipinski definition) is 1. The first-order valence-corrected chi connectivity index (χ1v) is 15.8. The highest BCUT2D eigenvalue weighted by atomic mass is 16.6. The predicted molar refractivity (Wildman–Crippen MR) is 174 cm³/mol. The third-order valence-electron chi connectivity index (χ3n) is 9.45. The normalized spacial score (nSPS) is 25.5. The molecule has 0 radical (unpaired) electrons. The molecule has 6 atom stereocenters. The van der Waals surface area contributed by atoms with Gasteiger partial charge in [-0.2, -0.15) is 0 Å². The summed E-state index contributed by atoms with van der Waals surface area (Å²) < 4.78 is 13.2. The molecule has 2 saturated carbocycles. The van der Waals surface area contributed by atoms with Crippen molar-refractivity contribution in [3.05, 3.63) is 86.0 Å². The number of carbonyl (C=O) groups is 2. The van der Waals surface area contributed by atoms with Gasteiger partial charge in [-0.05, 0) is 67.4 Å². The maximum Gasteiger partial charge on any atom is 0.407 e. The zero-order valence-electron chi connectivity index (χ0n) is 25.6. The smallest absolute Gasteiger partial charge is 0.407 e. The summed E-state index contributed by atoms with van der Waals surface area (Å²) in [4.78, 5) is 23.8. The number of nitrogens with zero attached hydrogens (tertiary/aromatic N) is 1. The van der Waals surface area contributed by atoms with Crippen LogP contribution in [0, 0.1) is 41.4 Å². The Hall–Kier alpha value is -3.80. The summed E-state index contributed by atoms with van der Waals surface area (Å²) in [5, 5.41) is 5.31. The highest BCUT2D eigenvalue weighted by Gasteiger charge is 2.35. The van der Waals surface area contributed by atoms with Crippen LogP contribution < -0.4 is 5.32 Å². The molecule has 0 spiro atoms. The second-order valence-electron chi connectivity index (χ2n) is 12.7. The molecular weight excluding hydrogens is 536 g/mol. The molecule has 1 aromatic heterocycles. The van der Waals surface area contributed by atoms with Crippen LogP contribution in [0.4, 0.5) is 4.79 Å². The zero-order valence-corrected chi connectivity index (χ0v) is 25.6. The van der Waals surface area contributed by atoms with Crippen molar-refractivity contribution in [3.8, 4) is 0 Å². The fourth-order valence-corrected chi connectivity index (χ4v) is 7.12. The first-order chi connectivity index (χ1) is 20.9. The molecule has 43 heavy (non-hydrogen) atoms. The van der Waals surface area contributed by atoms with Gasteiger partial charge in [-0.15, -0.1) is 13.2 Å². The summed E-state index contributed by atoms with van der Waals surface area (Å²) in [6.07, 6.45) is 12.9. The fourth-order valence-electron chi connectivity index (χ4n) is 7.12. The van der Waals surface area contributed by atoms with Gasteiger partial charge in [0, 0.05) is 34.3 Å². The molecule has 6 unspecified atom stereocenters. The summed E-state index contributed by atoms with van der Waals surface area (Å²) >= 11 is 0. The largest absolute Gasteiger partial charge is 0.464 e. The first-order valence-electron chi connectivity index (χ1n) is 15.8. The molecule has 2 aromatic carbocycles. The molecule has 0 saturated heterocycles. The number of alkyl carbamates (subject to hydrolysis) is 1. The molecule has 1 amide bonds. The standard InChI is InChI=1S/C37H46N2O4/c1-5-26-19-29(30(20-26)23-39-34-13-9-7-11-32(34)33-12-8-10-14-35(33)39)16-15-27-21-28(6-2)31(22-27)24-43-37(41)38-17-18-42-36(40)25(3)4/h5-16,25-31H,1-2,17-24H2,3-4H3,(H,38,41)/b16-15-. The van der Waals surface area contributed by atoms with Crippen LogP contribution in [-0.2, 0) is 20.8 Å². The molecule has 1 heterocycles. The number of aromatic nitrogens is 1. The first kappa shape index (κ1) is 30.7. The number of para-hydroxylation sites is 2. The second kappa shape index (κ2) is 14.1. The van der Waals surface area contributed by atoms with E-state index in [1.54, 1.807) is 13.8 Å². The van der Waals surface area contributed by atoms with E-state index < -0.39 is 6.09 Å². The lowest BCUT2D eigenvalue weighted by molar-refractivity contribution is -0.147. The molecule has 228 valence electrons. The summed E-state index contributed by atoms with van der Waals surface area (Å²) in [5.74, 6) is 2.10. The topological polar surface area (TPSA) is 69.6 Å². The van der Waals surface area contributed by atoms with Crippen LogP contribution in [0.5, 0.6) is 0 Å². The van der Waals surface area contributed by atoms with Gasteiger partial charge < -0.3 is 19.4 Å². The highest BCUT2D eigenvalue weighted by Crippen LogP contribution is 2.43. The lowest BCUT2D eigenvalue weighted by Crippen LogP contribution is -2.30. The van der Waals surface area contributed by atoms with E-state index >= 15 is 0 Å². The zero-order chi connectivity index (χ0) is 30.3. The molecule has 1 N–H and O–H groups in total. The van der Waals surface area contributed by atoms with Gasteiger partial charge in [-0.25, -0.2) is 4.79 Å². The summed E-state index contributed by atoms with van der Waals surface area (Å²) in [6, 6.07) is 17.5. The molecule has 6 nitrogen and oxygen atoms in total. The summed E-state index contributed by atoms with van der Waals surface area (Å²) in [5.41, 5.74) is 2.61. The molecular formula is C37H46N2O4. The minimum absolute atomic E-state index is 0.142. The molecule has 0 aliphatic heterocycles. The Morgan fingerprint density at radius 2 is 1.51 bits per heavy atom. The highest BCUT2D eigenvalue weighted by molar-refractivity contribution is 6.07. The van der Waals surface area contributed by atoms with E-state index in [4.69, 9.17) is 9.47 Å². The van der Waals surface area contributed by atoms with Crippen molar-refractivity contribution < 1.29 is 19.1 Å². The lowest BCUT2D eigenvalue weighted by atomic mass is 9.93. The molecule has 3 aromatic rings. The van der Waals surface area contributed by atoms with E-state index in [2.05, 4.69) is 89.8 Å². The molecule has 5 rings (SSSR count). The molecule has 2 aliphatic rings. The number of benzene rings is 2. The number of hydrogen-bond acceptors (Lipinski definition) is 4. The summed E-state index contributed by atoms with van der Waals surface area (Å²) in [6.45, 7) is 13.5. The van der Waals surface area contributed by atoms with Crippen molar-refractivity contribution >= 4 is 33.9 Å². The Morgan fingerprint density at radius 3 is 2.16 bits per heavy atom. The average Bonchev–Trinajstić information content (AvgIpc) is 3.71. The molecule has 2 fully saturated rings. The number of allylic oxidation sites excluding steroid dienone is 4. The quantitative estimate of drug-likeness (QED) is 0.134. The number of fused-ring (bicyclic) bond motifs is 3. The van der Waals surface area contributed by atoms with Gasteiger partial charge in [-0.3, -0.25) is 4.79 Å². The average molecular weight is 583 g/mol. The van der Waals surface area contributed by atoms with E-state index in [1.807, 2.05) is 6.08 Å². The monoisotopic (exact) mass is 582 g/mol. The maximum absolute atomic E-state index is 12.2. The van der Waals surface area contributed by atoms with E-state index in [0.717, 1.165) is 32.2 Å². The van der Waals surface area contributed by atoms with Gasteiger partial charge in [0.2, 0.25) is 0 Å². The number of ether oxygens (including phenoxy) is 2. The Morgan fingerprint density at radius 1 is 0.860 bits per heavy atom. The van der Waals surface area contributed by atoms with Crippen LogP contribution in [0.25, 0.3) is 21.8 Å². The van der Waals surface area contributed by atoms with Crippen LogP contribution >= 0.6 is 0 Å². The Balaban J connectivity index is 1.18. The second-order valence-corrected chi connectivity index (χ2v) is 12.7. The molecule has 0 bridgehead atoms. The van der Waals surface area contributed by atoms with E-state index in [1.165, 1.54) is 21.8 Å². The van der Waals surface area contributed by atoms with Crippen LogP contribution in [0.1, 0.15) is 39.5 Å². The minimum Gasteiger partial charge on any atom is -0.464 e. The van der Waals surface area contributed by atoms with Crippen molar-refractivity contribution in [2.75, 3.05) is 19.8 Å². The van der Waals surface area contributed by atoms with Crippen LogP contribution in [0.15, 0.2) is 86.0 Å². The number of carbonyl (C=O) groups excluding carboxylic acids is 2. The van der Waals surface area contributed by atoms with Crippen LogP contribution in [0.3, 0.4) is 0 Å².